The molecule has 5 rings (SSSR count). The van der Waals surface area contributed by atoms with Crippen molar-refractivity contribution in [1.29, 1.82) is 0 Å². The Kier molecular flexibility index (Phi) is 4.81. The van der Waals surface area contributed by atoms with Crippen LogP contribution in [0, 0.1) is 13.8 Å². The molecule has 0 unspecified atom stereocenters. The molecule has 1 saturated carbocycles. The second-order valence-electron chi connectivity index (χ2n) is 8.20. The highest BCUT2D eigenvalue weighted by atomic mass is 16.5. The molecule has 7 nitrogen and oxygen atoms in total. The SMILES string of the molecule is Cc1noc(C)c1C(=O)OCC1(c2onc(-c3ccc(O)cc3)c2-c2ccccc2)CC1. The van der Waals surface area contributed by atoms with Gasteiger partial charge in [-0.25, -0.2) is 4.79 Å². The monoisotopic (exact) mass is 430 g/mol. The Morgan fingerprint density at radius 3 is 2.34 bits per heavy atom. The third kappa shape index (κ3) is 3.45. The normalized spacial score (nSPS) is 14.3. The quantitative estimate of drug-likeness (QED) is 0.419. The number of aromatic hydroxyl groups is 1. The molecule has 2 heterocycles. The minimum absolute atomic E-state index is 0.180. The predicted molar refractivity (Wildman–Crippen MR) is 116 cm³/mol. The van der Waals surface area contributed by atoms with Crippen molar-refractivity contribution in [2.24, 2.45) is 0 Å². The van der Waals surface area contributed by atoms with Gasteiger partial charge in [-0.15, -0.1) is 0 Å². The van der Waals surface area contributed by atoms with E-state index in [2.05, 4.69) is 10.3 Å². The molecule has 0 aliphatic heterocycles. The Balaban J connectivity index is 1.50. The zero-order valence-electron chi connectivity index (χ0n) is 17.8. The number of rotatable bonds is 6. The van der Waals surface area contributed by atoms with Crippen LogP contribution < -0.4 is 0 Å². The Morgan fingerprint density at radius 2 is 1.72 bits per heavy atom. The summed E-state index contributed by atoms with van der Waals surface area (Å²) in [4.78, 5) is 12.7. The van der Waals surface area contributed by atoms with E-state index in [1.807, 2.05) is 30.3 Å². The molecule has 2 aromatic heterocycles. The van der Waals surface area contributed by atoms with Crippen molar-refractivity contribution < 1.29 is 23.7 Å². The number of phenolic OH excluding ortho intramolecular Hbond substituents is 1. The number of benzene rings is 2. The van der Waals surface area contributed by atoms with Gasteiger partial charge in [0.15, 0.2) is 5.76 Å². The van der Waals surface area contributed by atoms with Gasteiger partial charge >= 0.3 is 5.97 Å². The minimum Gasteiger partial charge on any atom is -0.508 e. The topological polar surface area (TPSA) is 98.6 Å². The van der Waals surface area contributed by atoms with Crippen molar-refractivity contribution in [3.63, 3.8) is 0 Å². The number of aryl methyl sites for hydroxylation is 2. The van der Waals surface area contributed by atoms with Crippen LogP contribution in [-0.2, 0) is 10.2 Å². The summed E-state index contributed by atoms with van der Waals surface area (Å²) in [5.74, 6) is 0.880. The molecule has 0 saturated heterocycles. The number of carbonyl (C=O) groups is 1. The van der Waals surface area contributed by atoms with E-state index in [-0.39, 0.29) is 12.4 Å². The Bertz CT molecular complexity index is 1250. The zero-order valence-corrected chi connectivity index (χ0v) is 17.8. The standard InChI is InChI=1S/C25H22N2O5/c1-15-20(16(2)31-26-15)24(29)30-14-25(12-13-25)23-21(17-6-4-3-5-7-17)22(27-32-23)18-8-10-19(28)11-9-18/h3-11,28H,12-14H2,1-2H3. The van der Waals surface area contributed by atoms with Crippen LogP contribution in [0.3, 0.4) is 0 Å². The maximum Gasteiger partial charge on any atom is 0.343 e. The first-order chi connectivity index (χ1) is 15.5. The number of hydrogen-bond donors (Lipinski definition) is 1. The van der Waals surface area contributed by atoms with E-state index in [0.717, 1.165) is 29.5 Å². The van der Waals surface area contributed by atoms with E-state index in [0.29, 0.717) is 28.5 Å². The van der Waals surface area contributed by atoms with Gasteiger partial charge in [-0.2, -0.15) is 0 Å². The second-order valence-corrected chi connectivity index (χ2v) is 8.20. The van der Waals surface area contributed by atoms with Gasteiger partial charge in [-0.05, 0) is 56.5 Å². The Morgan fingerprint density at radius 1 is 1.00 bits per heavy atom. The summed E-state index contributed by atoms with van der Waals surface area (Å²) in [6, 6.07) is 16.7. The van der Waals surface area contributed by atoms with Crippen LogP contribution in [0.15, 0.2) is 63.6 Å². The Hall–Kier alpha value is -3.87. The van der Waals surface area contributed by atoms with Gasteiger partial charge < -0.3 is 18.9 Å². The van der Waals surface area contributed by atoms with Gasteiger partial charge in [0.2, 0.25) is 0 Å². The number of esters is 1. The van der Waals surface area contributed by atoms with E-state index in [1.165, 1.54) is 0 Å². The Labute approximate surface area is 184 Å². The fourth-order valence-electron chi connectivity index (χ4n) is 3.98. The number of phenols is 1. The lowest BCUT2D eigenvalue weighted by Gasteiger charge is -2.15. The summed E-state index contributed by atoms with van der Waals surface area (Å²) < 4.78 is 16.7. The molecule has 1 aliphatic rings. The maximum atomic E-state index is 12.7. The van der Waals surface area contributed by atoms with Crippen LogP contribution in [-0.4, -0.2) is 28.0 Å². The first-order valence-corrected chi connectivity index (χ1v) is 10.4. The van der Waals surface area contributed by atoms with E-state index >= 15 is 0 Å². The fraction of sp³-hybridized carbons (Fsp3) is 0.240. The molecule has 32 heavy (non-hydrogen) atoms. The summed E-state index contributed by atoms with van der Waals surface area (Å²) >= 11 is 0. The van der Waals surface area contributed by atoms with Crippen molar-refractivity contribution in [2.75, 3.05) is 6.61 Å². The number of ether oxygens (including phenoxy) is 1. The number of aromatic nitrogens is 2. The zero-order chi connectivity index (χ0) is 22.3. The largest absolute Gasteiger partial charge is 0.508 e. The van der Waals surface area contributed by atoms with E-state index < -0.39 is 11.4 Å². The van der Waals surface area contributed by atoms with E-state index in [1.54, 1.807) is 38.1 Å². The number of hydrogen-bond acceptors (Lipinski definition) is 7. The number of carbonyl (C=O) groups excluding carboxylic acids is 1. The lowest BCUT2D eigenvalue weighted by Crippen LogP contribution is -2.19. The van der Waals surface area contributed by atoms with E-state index in [9.17, 15) is 9.90 Å². The lowest BCUT2D eigenvalue weighted by molar-refractivity contribution is 0.0450. The molecule has 2 aromatic carbocycles. The molecule has 1 fully saturated rings. The van der Waals surface area contributed by atoms with Gasteiger partial charge in [0.25, 0.3) is 0 Å². The highest BCUT2D eigenvalue weighted by Crippen LogP contribution is 2.53. The van der Waals surface area contributed by atoms with Gasteiger partial charge in [0, 0.05) is 5.56 Å². The van der Waals surface area contributed by atoms with Gasteiger partial charge in [-0.3, -0.25) is 0 Å². The minimum atomic E-state index is -0.452. The predicted octanol–water partition coefficient (Wildman–Crippen LogP) is 5.21. The molecule has 1 aliphatic carbocycles. The number of nitrogens with zero attached hydrogens (tertiary/aromatic N) is 2. The van der Waals surface area contributed by atoms with Crippen LogP contribution in [0.5, 0.6) is 5.75 Å². The molecule has 0 amide bonds. The fourth-order valence-corrected chi connectivity index (χ4v) is 3.98. The molecule has 0 atom stereocenters. The van der Waals surface area contributed by atoms with Crippen LogP contribution in [0.25, 0.3) is 22.4 Å². The van der Waals surface area contributed by atoms with Crippen molar-refractivity contribution in [3.05, 3.63) is 77.4 Å². The van der Waals surface area contributed by atoms with Crippen LogP contribution in [0.4, 0.5) is 0 Å². The summed E-state index contributed by atoms with van der Waals surface area (Å²) in [5.41, 5.74) is 3.82. The van der Waals surface area contributed by atoms with Crippen molar-refractivity contribution >= 4 is 5.97 Å². The molecule has 0 bridgehead atoms. The molecule has 0 radical (unpaired) electrons. The van der Waals surface area contributed by atoms with Gasteiger partial charge in [-0.1, -0.05) is 40.6 Å². The molecule has 4 aromatic rings. The molecule has 0 spiro atoms. The molecule has 162 valence electrons. The third-order valence-electron chi connectivity index (χ3n) is 5.95. The first kappa shape index (κ1) is 20.1. The van der Waals surface area contributed by atoms with Crippen molar-refractivity contribution in [2.45, 2.75) is 32.1 Å². The van der Waals surface area contributed by atoms with Gasteiger partial charge in [0.1, 0.15) is 29.4 Å². The summed E-state index contributed by atoms with van der Waals surface area (Å²) in [6.45, 7) is 3.59. The molecule has 1 N–H and O–H groups in total. The average Bonchev–Trinajstić information content (AvgIpc) is 3.33. The summed E-state index contributed by atoms with van der Waals surface area (Å²) in [6.07, 6.45) is 1.65. The maximum absolute atomic E-state index is 12.7. The van der Waals surface area contributed by atoms with Crippen LogP contribution in [0.2, 0.25) is 0 Å². The average molecular weight is 430 g/mol. The van der Waals surface area contributed by atoms with E-state index in [4.69, 9.17) is 13.8 Å². The highest BCUT2D eigenvalue weighted by molar-refractivity contribution is 5.91. The smallest absolute Gasteiger partial charge is 0.343 e. The summed E-state index contributed by atoms with van der Waals surface area (Å²) in [7, 11) is 0. The molecule has 7 heteroatoms. The second kappa shape index (κ2) is 7.67. The molecular weight excluding hydrogens is 408 g/mol. The molecular formula is C25H22N2O5. The van der Waals surface area contributed by atoms with Gasteiger partial charge in [0.05, 0.1) is 16.7 Å². The summed E-state index contributed by atoms with van der Waals surface area (Å²) in [5, 5.41) is 17.9. The highest BCUT2D eigenvalue weighted by Gasteiger charge is 2.51. The van der Waals surface area contributed by atoms with Crippen LogP contribution in [0.1, 0.15) is 40.4 Å². The van der Waals surface area contributed by atoms with Crippen molar-refractivity contribution in [3.8, 4) is 28.1 Å². The lowest BCUT2D eigenvalue weighted by atomic mass is 9.92. The first-order valence-electron chi connectivity index (χ1n) is 10.4. The third-order valence-corrected chi connectivity index (χ3v) is 5.95. The van der Waals surface area contributed by atoms with Crippen molar-refractivity contribution in [1.82, 2.24) is 10.3 Å². The van der Waals surface area contributed by atoms with Crippen LogP contribution >= 0.6 is 0 Å².